The Morgan fingerprint density at radius 2 is 1.70 bits per heavy atom. The predicted octanol–water partition coefficient (Wildman–Crippen LogP) is -1.37. The van der Waals surface area contributed by atoms with Crippen LogP contribution in [0.5, 0.6) is 0 Å². The minimum absolute atomic E-state index is 0.229. The molecule has 2 aliphatic carbocycles. The molecule has 0 amide bonds. The minimum Gasteiger partial charge on any atom is -0.459 e. The van der Waals surface area contributed by atoms with Gasteiger partial charge in [0.2, 0.25) is 11.9 Å². The molecule has 0 aromatic heterocycles. The lowest BCUT2D eigenvalue weighted by Gasteiger charge is -2.47. The first-order valence-electron chi connectivity index (χ1n) is 10.2. The van der Waals surface area contributed by atoms with E-state index in [0.717, 1.165) is 0 Å². The third kappa shape index (κ3) is 1.33. The molecule has 0 aromatic carbocycles. The number of hydrogen-bond donors (Lipinski definition) is 3. The van der Waals surface area contributed by atoms with Gasteiger partial charge in [-0.1, -0.05) is 20.8 Å². The van der Waals surface area contributed by atoms with Gasteiger partial charge in [-0.05, 0) is 24.7 Å². The van der Waals surface area contributed by atoms with E-state index in [-0.39, 0.29) is 6.42 Å². The largest absolute Gasteiger partial charge is 0.459 e. The van der Waals surface area contributed by atoms with Crippen molar-refractivity contribution >= 4 is 17.9 Å². The van der Waals surface area contributed by atoms with E-state index in [4.69, 9.17) is 18.9 Å². The zero-order valence-electron chi connectivity index (χ0n) is 16.9. The zero-order valence-corrected chi connectivity index (χ0v) is 16.9. The smallest absolute Gasteiger partial charge is 0.343 e. The molecule has 10 heteroatoms. The monoisotopic (exact) mass is 424 g/mol. The topological polar surface area (TPSA) is 149 Å². The highest BCUT2D eigenvalue weighted by molar-refractivity contribution is 5.94. The molecule has 4 heterocycles. The van der Waals surface area contributed by atoms with E-state index in [1.165, 1.54) is 6.92 Å². The van der Waals surface area contributed by atoms with Gasteiger partial charge in [-0.3, -0.25) is 4.79 Å². The summed E-state index contributed by atoms with van der Waals surface area (Å²) < 4.78 is 22.5. The van der Waals surface area contributed by atoms with Gasteiger partial charge < -0.3 is 34.3 Å². The third-order valence-corrected chi connectivity index (χ3v) is 9.00. The van der Waals surface area contributed by atoms with Crippen LogP contribution in [-0.2, 0) is 33.3 Å². The van der Waals surface area contributed by atoms with Crippen molar-refractivity contribution in [3.8, 4) is 0 Å². The molecule has 0 bridgehead atoms. The van der Waals surface area contributed by atoms with Crippen LogP contribution < -0.4 is 0 Å². The fourth-order valence-electron chi connectivity index (χ4n) is 8.12. The maximum Gasteiger partial charge on any atom is 0.343 e. The summed E-state index contributed by atoms with van der Waals surface area (Å²) in [6.07, 6.45) is -6.91. The number of rotatable bonds is 0. The summed E-state index contributed by atoms with van der Waals surface area (Å²) in [5.41, 5.74) is -8.26. The number of fused-ring (bicyclic) bond motifs is 1. The molecule has 6 aliphatic rings. The van der Waals surface area contributed by atoms with Crippen molar-refractivity contribution in [2.75, 3.05) is 0 Å². The van der Waals surface area contributed by atoms with Crippen molar-refractivity contribution < 1.29 is 48.7 Å². The summed E-state index contributed by atoms with van der Waals surface area (Å²) in [4.78, 5) is 38.2. The summed E-state index contributed by atoms with van der Waals surface area (Å²) in [5, 5.41) is 34.7. The number of hydrogen-bond acceptors (Lipinski definition) is 10. The maximum absolute atomic E-state index is 13.4. The number of carbonyl (C=O) groups excluding carboxylic acids is 3. The van der Waals surface area contributed by atoms with Crippen LogP contribution in [-0.4, -0.2) is 75.1 Å². The minimum atomic E-state index is -2.24. The first kappa shape index (κ1) is 19.0. The van der Waals surface area contributed by atoms with Crippen molar-refractivity contribution in [3.05, 3.63) is 0 Å². The second-order valence-corrected chi connectivity index (χ2v) is 10.7. The molecule has 2 saturated carbocycles. The average Bonchev–Trinajstić information content (AvgIpc) is 3.35. The molecule has 0 unspecified atom stereocenters. The van der Waals surface area contributed by atoms with E-state index in [9.17, 15) is 29.7 Å². The maximum atomic E-state index is 13.4. The first-order valence-corrected chi connectivity index (χ1v) is 10.2. The molecular formula is C20H24O10. The highest BCUT2D eigenvalue weighted by Crippen LogP contribution is 2.84. The molecule has 6 fully saturated rings. The molecule has 2 spiro atoms. The fourth-order valence-corrected chi connectivity index (χ4v) is 8.12. The Morgan fingerprint density at radius 1 is 1.03 bits per heavy atom. The molecule has 4 saturated heterocycles. The predicted molar refractivity (Wildman–Crippen MR) is 92.0 cm³/mol. The van der Waals surface area contributed by atoms with Gasteiger partial charge in [-0.2, -0.15) is 0 Å². The van der Waals surface area contributed by atoms with Crippen molar-refractivity contribution in [2.24, 2.45) is 28.1 Å². The van der Waals surface area contributed by atoms with E-state index < -0.39 is 87.9 Å². The molecule has 164 valence electrons. The van der Waals surface area contributed by atoms with Gasteiger partial charge in [-0.25, -0.2) is 9.59 Å². The Kier molecular flexibility index (Phi) is 2.97. The summed E-state index contributed by atoms with van der Waals surface area (Å²) >= 11 is 0. The second kappa shape index (κ2) is 4.69. The molecule has 30 heavy (non-hydrogen) atoms. The molecule has 3 N–H and O–H groups in total. The lowest BCUT2D eigenvalue weighted by Crippen LogP contribution is -2.67. The van der Waals surface area contributed by atoms with E-state index in [0.29, 0.717) is 0 Å². The first-order chi connectivity index (χ1) is 13.8. The molecule has 0 radical (unpaired) electrons. The highest BCUT2D eigenvalue weighted by atomic mass is 16.8. The molecule has 4 aliphatic heterocycles. The molecule has 10 nitrogen and oxygen atoms in total. The van der Waals surface area contributed by atoms with Crippen molar-refractivity contribution in [1.82, 2.24) is 0 Å². The van der Waals surface area contributed by atoms with E-state index in [1.807, 2.05) is 20.8 Å². The lowest BCUT2D eigenvalue weighted by molar-refractivity contribution is -0.239. The van der Waals surface area contributed by atoms with E-state index >= 15 is 0 Å². The summed E-state index contributed by atoms with van der Waals surface area (Å²) in [6.45, 7) is 7.14. The van der Waals surface area contributed by atoms with Crippen LogP contribution in [0.15, 0.2) is 0 Å². The highest BCUT2D eigenvalue weighted by Gasteiger charge is 3.03. The standard InChI is InChI=1S/C20H24O10/c1-6-12(23)28-11-9(21)18-8-5-7(16(2,3)4)17(18)10(22)13(24)29-15(17)30-20(18,14(25)27-8)19(6,11)26/h6-11,15,21-22,26H,5H2,1-4H3/t6-,7+,8-,9+,10-,11+,15+,17-,18-,19-,20-/m1/s1. The van der Waals surface area contributed by atoms with Crippen molar-refractivity contribution in [2.45, 2.75) is 76.0 Å². The summed E-state index contributed by atoms with van der Waals surface area (Å²) in [5.74, 6) is -4.32. The Balaban J connectivity index is 1.72. The summed E-state index contributed by atoms with van der Waals surface area (Å²) in [6, 6.07) is 0. The normalized spacial score (nSPS) is 60.1. The van der Waals surface area contributed by atoms with Crippen LogP contribution in [0.25, 0.3) is 0 Å². The summed E-state index contributed by atoms with van der Waals surface area (Å²) in [7, 11) is 0. The Hall–Kier alpha value is -1.75. The van der Waals surface area contributed by atoms with Gasteiger partial charge in [-0.15, -0.1) is 0 Å². The molecular weight excluding hydrogens is 400 g/mol. The van der Waals surface area contributed by atoms with Gasteiger partial charge in [0.15, 0.2) is 17.8 Å². The number of carbonyl (C=O) groups is 3. The van der Waals surface area contributed by atoms with Gasteiger partial charge in [0.1, 0.15) is 12.2 Å². The SMILES string of the molecule is C[C@@H]1C(=O)O[C@H]2[C@H](O)[C@]34[C@H]5C[C@@H](C(C)(C)C)[C@@]36[C@@H](OC(=O)[C@H]6O)O[C@@]4(C(=O)O5)[C@@]12O. The second-order valence-electron chi connectivity index (χ2n) is 10.7. The van der Waals surface area contributed by atoms with Crippen LogP contribution in [0.3, 0.4) is 0 Å². The Morgan fingerprint density at radius 3 is 2.33 bits per heavy atom. The molecule has 11 atom stereocenters. The van der Waals surface area contributed by atoms with Crippen LogP contribution in [0.2, 0.25) is 0 Å². The van der Waals surface area contributed by atoms with Crippen molar-refractivity contribution in [1.29, 1.82) is 0 Å². The molecule has 6 rings (SSSR count). The third-order valence-electron chi connectivity index (χ3n) is 9.00. The number of ether oxygens (including phenoxy) is 4. The Bertz CT molecular complexity index is 925. The van der Waals surface area contributed by atoms with E-state index in [1.54, 1.807) is 0 Å². The van der Waals surface area contributed by atoms with Crippen LogP contribution in [0.1, 0.15) is 34.1 Å². The van der Waals surface area contributed by atoms with Gasteiger partial charge >= 0.3 is 17.9 Å². The van der Waals surface area contributed by atoms with Crippen LogP contribution >= 0.6 is 0 Å². The number of esters is 3. The van der Waals surface area contributed by atoms with Gasteiger partial charge in [0.05, 0.1) is 16.7 Å². The Labute approximate surface area is 171 Å². The van der Waals surface area contributed by atoms with E-state index in [2.05, 4.69) is 0 Å². The zero-order chi connectivity index (χ0) is 21.8. The lowest BCUT2D eigenvalue weighted by atomic mass is 9.51. The van der Waals surface area contributed by atoms with Gasteiger partial charge in [0.25, 0.3) is 0 Å². The van der Waals surface area contributed by atoms with Crippen molar-refractivity contribution in [3.63, 3.8) is 0 Å². The quantitative estimate of drug-likeness (QED) is 0.314. The number of aliphatic hydroxyl groups excluding tert-OH is 2. The average molecular weight is 424 g/mol. The number of aliphatic hydroxyl groups is 3. The van der Waals surface area contributed by atoms with Crippen LogP contribution in [0.4, 0.5) is 0 Å². The van der Waals surface area contributed by atoms with Crippen LogP contribution in [0, 0.1) is 28.1 Å². The fraction of sp³-hybridized carbons (Fsp3) is 0.850. The molecule has 0 aromatic rings. The van der Waals surface area contributed by atoms with Gasteiger partial charge in [0, 0.05) is 0 Å².